The van der Waals surface area contributed by atoms with E-state index in [1.54, 1.807) is 17.5 Å². The summed E-state index contributed by atoms with van der Waals surface area (Å²) in [5, 5.41) is 1.76. The van der Waals surface area contributed by atoms with Crippen LogP contribution in [0.1, 0.15) is 12.0 Å². The molecule has 0 bridgehead atoms. The zero-order chi connectivity index (χ0) is 17.3. The van der Waals surface area contributed by atoms with E-state index in [0.29, 0.717) is 9.90 Å². The van der Waals surface area contributed by atoms with Crippen molar-refractivity contribution in [2.45, 2.75) is 17.1 Å². The second-order valence-electron chi connectivity index (χ2n) is 5.97. The van der Waals surface area contributed by atoms with Crippen LogP contribution in [0.3, 0.4) is 0 Å². The fraction of sp³-hybridized carbons (Fsp3) is 0.158. The number of hydrogen-bond donors (Lipinski definition) is 1. The first kappa shape index (κ1) is 16.2. The molecule has 0 amide bonds. The Balaban J connectivity index is 1.57. The zero-order valence-corrected chi connectivity index (χ0v) is 15.2. The first-order valence-corrected chi connectivity index (χ1v) is 10.5. The van der Waals surface area contributed by atoms with Gasteiger partial charge in [-0.15, -0.1) is 11.3 Å². The van der Waals surface area contributed by atoms with Crippen LogP contribution >= 0.6 is 11.3 Å². The van der Waals surface area contributed by atoms with Gasteiger partial charge in [-0.25, -0.2) is 8.42 Å². The summed E-state index contributed by atoms with van der Waals surface area (Å²) in [6, 6.07) is 19.3. The molecule has 0 saturated carbocycles. The minimum Gasteiger partial charge on any atom is -0.341 e. The SMILES string of the molecule is O=S(=O)(Nc1ccc(N2CCCc3ccccc32)cc1)c1cccs1. The van der Waals surface area contributed by atoms with Gasteiger partial charge in [-0.3, -0.25) is 4.72 Å². The van der Waals surface area contributed by atoms with E-state index in [0.717, 1.165) is 25.1 Å². The summed E-state index contributed by atoms with van der Waals surface area (Å²) in [4.78, 5) is 2.29. The van der Waals surface area contributed by atoms with Crippen LogP contribution in [0, 0.1) is 0 Å². The Morgan fingerprint density at radius 1 is 0.960 bits per heavy atom. The molecule has 1 N–H and O–H groups in total. The molecule has 1 aliphatic rings. The van der Waals surface area contributed by atoms with Crippen molar-refractivity contribution in [2.24, 2.45) is 0 Å². The Kier molecular flexibility index (Phi) is 4.23. The van der Waals surface area contributed by atoms with Crippen molar-refractivity contribution < 1.29 is 8.42 Å². The largest absolute Gasteiger partial charge is 0.341 e. The predicted molar refractivity (Wildman–Crippen MR) is 103 cm³/mol. The maximum Gasteiger partial charge on any atom is 0.271 e. The highest BCUT2D eigenvalue weighted by atomic mass is 32.2. The van der Waals surface area contributed by atoms with E-state index in [2.05, 4.69) is 33.9 Å². The minimum atomic E-state index is -3.50. The highest BCUT2D eigenvalue weighted by molar-refractivity contribution is 7.94. The summed E-state index contributed by atoms with van der Waals surface area (Å²) in [5.74, 6) is 0. The number of para-hydroxylation sites is 1. The highest BCUT2D eigenvalue weighted by Crippen LogP contribution is 2.34. The first-order valence-electron chi connectivity index (χ1n) is 8.15. The Morgan fingerprint density at radius 3 is 2.52 bits per heavy atom. The van der Waals surface area contributed by atoms with Crippen LogP contribution in [0.15, 0.2) is 70.3 Å². The van der Waals surface area contributed by atoms with Crippen LogP contribution in [0.4, 0.5) is 17.1 Å². The Hall–Kier alpha value is -2.31. The highest BCUT2D eigenvalue weighted by Gasteiger charge is 2.18. The van der Waals surface area contributed by atoms with Crippen LogP contribution < -0.4 is 9.62 Å². The van der Waals surface area contributed by atoms with Crippen LogP contribution in [-0.4, -0.2) is 15.0 Å². The molecular formula is C19H18N2O2S2. The molecule has 4 rings (SSSR count). The van der Waals surface area contributed by atoms with Crippen molar-refractivity contribution in [1.29, 1.82) is 0 Å². The molecule has 2 heterocycles. The molecule has 0 fully saturated rings. The van der Waals surface area contributed by atoms with Gasteiger partial charge in [-0.05, 0) is 60.2 Å². The molecule has 4 nitrogen and oxygen atoms in total. The quantitative estimate of drug-likeness (QED) is 0.728. The molecule has 0 radical (unpaired) electrons. The lowest BCUT2D eigenvalue weighted by Crippen LogP contribution is -2.24. The Morgan fingerprint density at radius 2 is 1.76 bits per heavy atom. The van der Waals surface area contributed by atoms with Crippen molar-refractivity contribution in [2.75, 3.05) is 16.2 Å². The molecule has 0 saturated heterocycles. The van der Waals surface area contributed by atoms with Crippen molar-refractivity contribution in [3.05, 3.63) is 71.6 Å². The molecule has 6 heteroatoms. The molecule has 0 spiro atoms. The molecule has 1 aliphatic heterocycles. The number of aryl methyl sites for hydroxylation is 1. The summed E-state index contributed by atoms with van der Waals surface area (Å²) < 4.78 is 27.6. The zero-order valence-electron chi connectivity index (χ0n) is 13.6. The molecule has 0 unspecified atom stereocenters. The fourth-order valence-electron chi connectivity index (χ4n) is 3.13. The lowest BCUT2D eigenvalue weighted by Gasteiger charge is -2.31. The Bertz CT molecular complexity index is 965. The van der Waals surface area contributed by atoms with E-state index in [4.69, 9.17) is 0 Å². The Labute approximate surface area is 151 Å². The lowest BCUT2D eigenvalue weighted by atomic mass is 10.0. The third kappa shape index (κ3) is 3.27. The van der Waals surface area contributed by atoms with Crippen LogP contribution in [0.2, 0.25) is 0 Å². The lowest BCUT2D eigenvalue weighted by molar-refractivity contribution is 0.603. The van der Waals surface area contributed by atoms with E-state index in [-0.39, 0.29) is 0 Å². The van der Waals surface area contributed by atoms with E-state index in [9.17, 15) is 8.42 Å². The van der Waals surface area contributed by atoms with Gasteiger partial charge in [-0.2, -0.15) is 0 Å². The van der Waals surface area contributed by atoms with Crippen LogP contribution in [-0.2, 0) is 16.4 Å². The predicted octanol–water partition coefficient (Wildman–Crippen LogP) is 4.63. The number of anilines is 3. The normalized spacial score (nSPS) is 14.2. The number of sulfonamides is 1. The smallest absolute Gasteiger partial charge is 0.271 e. The fourth-order valence-corrected chi connectivity index (χ4v) is 5.18. The topological polar surface area (TPSA) is 49.4 Å². The van der Waals surface area contributed by atoms with Crippen molar-refractivity contribution >= 4 is 38.4 Å². The molecule has 128 valence electrons. The standard InChI is InChI=1S/C19H18N2O2S2/c22-25(23,19-8-4-14-24-19)20-16-9-11-17(12-10-16)21-13-3-6-15-5-1-2-7-18(15)21/h1-2,4-5,7-12,14,20H,3,6,13H2. The number of nitrogens with zero attached hydrogens (tertiary/aromatic N) is 1. The summed E-state index contributed by atoms with van der Waals surface area (Å²) in [6.07, 6.45) is 2.22. The third-order valence-corrected chi connectivity index (χ3v) is 7.08. The average Bonchev–Trinajstić information content (AvgIpc) is 3.17. The van der Waals surface area contributed by atoms with Gasteiger partial charge < -0.3 is 4.90 Å². The number of fused-ring (bicyclic) bond motifs is 1. The second-order valence-corrected chi connectivity index (χ2v) is 8.83. The van der Waals surface area contributed by atoms with Gasteiger partial charge in [0.2, 0.25) is 0 Å². The van der Waals surface area contributed by atoms with Gasteiger partial charge >= 0.3 is 0 Å². The van der Waals surface area contributed by atoms with Gasteiger partial charge in [-0.1, -0.05) is 24.3 Å². The second kappa shape index (κ2) is 6.54. The van der Waals surface area contributed by atoms with Gasteiger partial charge in [0.05, 0.1) is 0 Å². The maximum atomic E-state index is 12.3. The van der Waals surface area contributed by atoms with E-state index < -0.39 is 10.0 Å². The minimum absolute atomic E-state index is 0.321. The molecule has 0 aliphatic carbocycles. The summed E-state index contributed by atoms with van der Waals surface area (Å²) in [7, 11) is -3.50. The van der Waals surface area contributed by atoms with Gasteiger partial charge in [0.1, 0.15) is 4.21 Å². The van der Waals surface area contributed by atoms with Crippen molar-refractivity contribution in [3.8, 4) is 0 Å². The van der Waals surface area contributed by atoms with Gasteiger partial charge in [0.25, 0.3) is 10.0 Å². The number of hydrogen-bond acceptors (Lipinski definition) is 4. The molecule has 3 aromatic rings. The number of thiophene rings is 1. The molecular weight excluding hydrogens is 352 g/mol. The van der Waals surface area contributed by atoms with Gasteiger partial charge in [0, 0.05) is 23.6 Å². The van der Waals surface area contributed by atoms with E-state index in [1.165, 1.54) is 22.6 Å². The van der Waals surface area contributed by atoms with Crippen LogP contribution in [0.25, 0.3) is 0 Å². The summed E-state index contributed by atoms with van der Waals surface area (Å²) in [5.41, 5.74) is 4.24. The average molecular weight is 370 g/mol. The van der Waals surface area contributed by atoms with Crippen molar-refractivity contribution in [3.63, 3.8) is 0 Å². The molecule has 1 aromatic heterocycles. The summed E-state index contributed by atoms with van der Waals surface area (Å²) in [6.45, 7) is 0.970. The monoisotopic (exact) mass is 370 g/mol. The van der Waals surface area contributed by atoms with Crippen molar-refractivity contribution in [1.82, 2.24) is 0 Å². The molecule has 2 aromatic carbocycles. The summed E-state index contributed by atoms with van der Waals surface area (Å²) >= 11 is 1.21. The number of rotatable bonds is 4. The first-order chi connectivity index (χ1) is 12.1. The molecule has 25 heavy (non-hydrogen) atoms. The number of nitrogens with one attached hydrogen (secondary N) is 1. The third-order valence-electron chi connectivity index (χ3n) is 4.30. The van der Waals surface area contributed by atoms with Gasteiger partial charge in [0.15, 0.2) is 0 Å². The van der Waals surface area contributed by atoms with E-state index >= 15 is 0 Å². The number of benzene rings is 2. The van der Waals surface area contributed by atoms with E-state index in [1.807, 2.05) is 24.3 Å². The van der Waals surface area contributed by atoms with Crippen LogP contribution in [0.5, 0.6) is 0 Å². The molecule has 0 atom stereocenters. The maximum absolute atomic E-state index is 12.3.